The number of aliphatic hydroxyl groups is 1. The van der Waals surface area contributed by atoms with Gasteiger partial charge in [0.05, 0.1) is 13.2 Å². The summed E-state index contributed by atoms with van der Waals surface area (Å²) in [5, 5.41) is 22.3. The molecular formula is C11H17N3O4. The molecule has 7 heteroatoms. The first-order valence-corrected chi connectivity index (χ1v) is 5.70. The van der Waals surface area contributed by atoms with Crippen LogP contribution >= 0.6 is 0 Å². The van der Waals surface area contributed by atoms with Gasteiger partial charge in [-0.05, 0) is 30.8 Å². The van der Waals surface area contributed by atoms with Crippen molar-refractivity contribution in [3.63, 3.8) is 0 Å². The molecule has 0 saturated heterocycles. The van der Waals surface area contributed by atoms with Crippen molar-refractivity contribution in [3.05, 3.63) is 27.9 Å². The van der Waals surface area contributed by atoms with Gasteiger partial charge in [0.25, 0.3) is 5.91 Å². The molecule has 0 aliphatic rings. The third-order valence-electron chi connectivity index (χ3n) is 2.60. The fourth-order valence-electron chi connectivity index (χ4n) is 1.60. The zero-order chi connectivity index (χ0) is 13.7. The van der Waals surface area contributed by atoms with E-state index < -0.39 is 11.0 Å². The summed E-state index contributed by atoms with van der Waals surface area (Å²) in [7, 11) is 1.48. The van der Waals surface area contributed by atoms with E-state index in [1.165, 1.54) is 23.7 Å². The molecular weight excluding hydrogens is 238 g/mol. The number of aliphatic hydroxyl groups excluding tert-OH is 1. The second kappa shape index (κ2) is 6.15. The average molecular weight is 255 g/mol. The number of rotatable bonds is 6. The van der Waals surface area contributed by atoms with Gasteiger partial charge in [-0.15, -0.1) is 0 Å². The zero-order valence-corrected chi connectivity index (χ0v) is 10.4. The number of carbonyl (C=O) groups excluding carboxylic acids is 1. The molecule has 0 radical (unpaired) electrons. The minimum Gasteiger partial charge on any atom is -0.393 e. The molecule has 1 heterocycles. The van der Waals surface area contributed by atoms with E-state index >= 15 is 0 Å². The van der Waals surface area contributed by atoms with Gasteiger partial charge in [-0.2, -0.15) is 0 Å². The van der Waals surface area contributed by atoms with Crippen LogP contribution in [0.2, 0.25) is 0 Å². The summed E-state index contributed by atoms with van der Waals surface area (Å²) in [5.74, 6) is -0.472. The maximum Gasteiger partial charge on any atom is 0.323 e. The SMILES string of the molecule is CC(O)CCCNC(=O)c1ccc([N+](=O)[O-])n1C. The highest BCUT2D eigenvalue weighted by molar-refractivity contribution is 5.93. The molecule has 0 saturated carbocycles. The molecule has 2 N–H and O–H groups in total. The Hall–Kier alpha value is -1.89. The maximum atomic E-state index is 11.7. The van der Waals surface area contributed by atoms with Gasteiger partial charge in [0.2, 0.25) is 0 Å². The van der Waals surface area contributed by atoms with Gasteiger partial charge in [-0.25, -0.2) is 4.57 Å². The first kappa shape index (κ1) is 14.2. The Morgan fingerprint density at radius 3 is 2.78 bits per heavy atom. The molecule has 0 spiro atoms. The fraction of sp³-hybridized carbons (Fsp3) is 0.545. The molecule has 1 aromatic heterocycles. The molecule has 0 aromatic carbocycles. The van der Waals surface area contributed by atoms with Gasteiger partial charge in [0, 0.05) is 12.6 Å². The Balaban J connectivity index is 2.54. The van der Waals surface area contributed by atoms with Crippen LogP contribution < -0.4 is 5.32 Å². The lowest BCUT2D eigenvalue weighted by Gasteiger charge is -2.05. The molecule has 18 heavy (non-hydrogen) atoms. The molecule has 0 aliphatic heterocycles. The number of nitro groups is 1. The second-order valence-corrected chi connectivity index (χ2v) is 4.14. The van der Waals surface area contributed by atoms with E-state index in [1.807, 2.05) is 0 Å². The van der Waals surface area contributed by atoms with E-state index in [9.17, 15) is 14.9 Å². The second-order valence-electron chi connectivity index (χ2n) is 4.14. The monoisotopic (exact) mass is 255 g/mol. The normalized spacial score (nSPS) is 12.2. The number of hydrogen-bond donors (Lipinski definition) is 2. The summed E-state index contributed by atoms with van der Waals surface area (Å²) in [4.78, 5) is 21.8. The summed E-state index contributed by atoms with van der Waals surface area (Å²) in [5.41, 5.74) is 0.249. The van der Waals surface area contributed by atoms with Crippen LogP contribution in [0.25, 0.3) is 0 Å². The van der Waals surface area contributed by atoms with Crippen LogP contribution in [-0.4, -0.2) is 33.2 Å². The summed E-state index contributed by atoms with van der Waals surface area (Å²) in [6.45, 7) is 2.12. The van der Waals surface area contributed by atoms with E-state index in [2.05, 4.69) is 5.32 Å². The van der Waals surface area contributed by atoms with Gasteiger partial charge >= 0.3 is 5.82 Å². The average Bonchev–Trinajstić information content (AvgIpc) is 2.66. The predicted octanol–water partition coefficient (Wildman–Crippen LogP) is 0.824. The minimum atomic E-state index is -0.537. The zero-order valence-electron chi connectivity index (χ0n) is 10.4. The Labute approximate surface area is 105 Å². The standard InChI is InChI=1S/C11H17N3O4/c1-8(15)4-3-7-12-11(16)9-5-6-10(13(9)2)14(17)18/h5-6,8,15H,3-4,7H2,1-2H3,(H,12,16). The van der Waals surface area contributed by atoms with Crippen LogP contribution in [0.1, 0.15) is 30.3 Å². The summed E-state index contributed by atoms with van der Waals surface area (Å²) >= 11 is 0. The minimum absolute atomic E-state index is 0.121. The molecule has 1 aromatic rings. The van der Waals surface area contributed by atoms with Crippen LogP contribution in [0, 0.1) is 10.1 Å². The topological polar surface area (TPSA) is 97.4 Å². The van der Waals surface area contributed by atoms with Crippen molar-refractivity contribution < 1.29 is 14.8 Å². The molecule has 1 unspecified atom stereocenters. The van der Waals surface area contributed by atoms with Gasteiger partial charge in [0.15, 0.2) is 5.69 Å². The number of carbonyl (C=O) groups is 1. The third kappa shape index (κ3) is 3.56. The van der Waals surface area contributed by atoms with Crippen molar-refractivity contribution in [2.24, 2.45) is 7.05 Å². The summed E-state index contributed by atoms with van der Waals surface area (Å²) in [6, 6.07) is 2.72. The fourth-order valence-corrected chi connectivity index (χ4v) is 1.60. The largest absolute Gasteiger partial charge is 0.393 e. The highest BCUT2D eigenvalue weighted by Crippen LogP contribution is 2.14. The van der Waals surface area contributed by atoms with E-state index in [4.69, 9.17) is 5.11 Å². The van der Waals surface area contributed by atoms with Crippen molar-refractivity contribution in [2.75, 3.05) is 6.54 Å². The number of nitrogens with one attached hydrogen (secondary N) is 1. The Kier molecular flexibility index (Phi) is 4.85. The highest BCUT2D eigenvalue weighted by Gasteiger charge is 2.19. The smallest absolute Gasteiger partial charge is 0.323 e. The Bertz CT molecular complexity index is 439. The molecule has 0 aliphatic carbocycles. The Morgan fingerprint density at radius 1 is 1.61 bits per heavy atom. The van der Waals surface area contributed by atoms with Gasteiger partial charge in [-0.3, -0.25) is 4.79 Å². The number of aromatic nitrogens is 1. The van der Waals surface area contributed by atoms with Crippen LogP contribution in [0.4, 0.5) is 5.82 Å². The first-order chi connectivity index (χ1) is 8.43. The van der Waals surface area contributed by atoms with Crippen LogP contribution in [0.5, 0.6) is 0 Å². The number of hydrogen-bond acceptors (Lipinski definition) is 4. The van der Waals surface area contributed by atoms with Crippen molar-refractivity contribution in [1.29, 1.82) is 0 Å². The molecule has 7 nitrogen and oxygen atoms in total. The van der Waals surface area contributed by atoms with E-state index in [0.29, 0.717) is 19.4 Å². The lowest BCUT2D eigenvalue weighted by Crippen LogP contribution is -2.27. The Morgan fingerprint density at radius 2 is 2.28 bits per heavy atom. The van der Waals surface area contributed by atoms with E-state index in [-0.39, 0.29) is 17.4 Å². The molecule has 1 atom stereocenters. The van der Waals surface area contributed by atoms with Crippen molar-refractivity contribution in [2.45, 2.75) is 25.9 Å². The first-order valence-electron chi connectivity index (χ1n) is 5.70. The van der Waals surface area contributed by atoms with Crippen LogP contribution in [-0.2, 0) is 7.05 Å². The summed E-state index contributed by atoms with van der Waals surface area (Å²) < 4.78 is 1.24. The van der Waals surface area contributed by atoms with E-state index in [0.717, 1.165) is 0 Å². The van der Waals surface area contributed by atoms with Crippen molar-refractivity contribution >= 4 is 11.7 Å². The molecule has 1 amide bonds. The van der Waals surface area contributed by atoms with Crippen molar-refractivity contribution in [1.82, 2.24) is 9.88 Å². The van der Waals surface area contributed by atoms with Crippen LogP contribution in [0.3, 0.4) is 0 Å². The molecule has 0 bridgehead atoms. The van der Waals surface area contributed by atoms with Crippen molar-refractivity contribution in [3.8, 4) is 0 Å². The highest BCUT2D eigenvalue weighted by atomic mass is 16.6. The lowest BCUT2D eigenvalue weighted by molar-refractivity contribution is -0.391. The number of amides is 1. The molecule has 1 rings (SSSR count). The predicted molar refractivity (Wildman–Crippen MR) is 65.3 cm³/mol. The van der Waals surface area contributed by atoms with Gasteiger partial charge < -0.3 is 20.5 Å². The quantitative estimate of drug-likeness (QED) is 0.447. The summed E-state index contributed by atoms with van der Waals surface area (Å²) in [6.07, 6.45) is 0.877. The lowest BCUT2D eigenvalue weighted by atomic mass is 10.2. The van der Waals surface area contributed by atoms with E-state index in [1.54, 1.807) is 6.92 Å². The molecule has 0 fully saturated rings. The maximum absolute atomic E-state index is 11.7. The van der Waals surface area contributed by atoms with Crippen LogP contribution in [0.15, 0.2) is 12.1 Å². The van der Waals surface area contributed by atoms with Gasteiger partial charge in [0.1, 0.15) is 0 Å². The number of nitrogens with zero attached hydrogens (tertiary/aromatic N) is 2. The third-order valence-corrected chi connectivity index (χ3v) is 2.60. The molecule has 100 valence electrons. The van der Waals surface area contributed by atoms with Gasteiger partial charge in [-0.1, -0.05) is 0 Å².